The molecule has 0 aromatic rings. The average molecular weight is 495 g/mol. The number of nitrogens with zero attached hydrogens (tertiary/aromatic N) is 2. The summed E-state index contributed by atoms with van der Waals surface area (Å²) in [4.78, 5) is 17.4. The molecular formula is C32H50N2O2. The number of hydrogen-bond acceptors (Lipinski definition) is 4. The Kier molecular flexibility index (Phi) is 6.57. The molecule has 0 radical (unpaired) electrons. The van der Waals surface area contributed by atoms with E-state index in [0.717, 1.165) is 56.0 Å². The second-order valence-corrected chi connectivity index (χ2v) is 14.2. The molecule has 6 aliphatic rings. The van der Waals surface area contributed by atoms with Crippen LogP contribution in [0.15, 0.2) is 22.8 Å². The van der Waals surface area contributed by atoms with Crippen molar-refractivity contribution in [3.8, 4) is 0 Å². The molecule has 2 aliphatic heterocycles. The minimum atomic E-state index is 0.0248. The summed E-state index contributed by atoms with van der Waals surface area (Å²) >= 11 is 0. The van der Waals surface area contributed by atoms with Crippen molar-refractivity contribution < 1.29 is 9.53 Å². The van der Waals surface area contributed by atoms with Crippen molar-refractivity contribution in [2.45, 2.75) is 96.8 Å². The zero-order chi connectivity index (χ0) is 25.4. The molecule has 200 valence electrons. The Labute approximate surface area is 219 Å². The summed E-state index contributed by atoms with van der Waals surface area (Å²) in [5.41, 5.74) is 4.98. The molecular weight excluding hydrogens is 444 g/mol. The SMILES string of the molecule is CC1=C2C[C@@H]3C4C(=CC(=O)C[C@H]4C)CC[C@H]3[C@@H]2CC[C@@]2(C1)O[C@@H]1C[C@H](C)CN(CCN(C)C)[C@H]1[C@H]2C. The molecule has 4 fully saturated rings. The number of hydrogen-bond donors (Lipinski definition) is 0. The summed E-state index contributed by atoms with van der Waals surface area (Å²) in [5, 5.41) is 0. The molecule has 4 heteroatoms. The van der Waals surface area contributed by atoms with Gasteiger partial charge in [0.15, 0.2) is 5.78 Å². The van der Waals surface area contributed by atoms with Crippen LogP contribution in [0.3, 0.4) is 0 Å². The lowest BCUT2D eigenvalue weighted by Crippen LogP contribution is -2.53. The summed E-state index contributed by atoms with van der Waals surface area (Å²) in [6.07, 6.45) is 11.9. The first kappa shape index (κ1) is 25.3. The first-order valence-corrected chi connectivity index (χ1v) is 15.1. The van der Waals surface area contributed by atoms with Crippen LogP contribution in [0.1, 0.15) is 79.1 Å². The highest BCUT2D eigenvalue weighted by atomic mass is 16.5. The average Bonchev–Trinajstić information content (AvgIpc) is 3.26. The summed E-state index contributed by atoms with van der Waals surface area (Å²) in [6.45, 7) is 13.3. The molecule has 2 saturated carbocycles. The maximum atomic E-state index is 12.3. The first-order chi connectivity index (χ1) is 17.2. The monoisotopic (exact) mass is 494 g/mol. The van der Waals surface area contributed by atoms with Gasteiger partial charge in [-0.25, -0.2) is 0 Å². The third kappa shape index (κ3) is 4.09. The number of carbonyl (C=O) groups excluding carboxylic acids is 1. The number of rotatable bonds is 3. The standard InChI is InChI=1S/C32H50N2O2/c1-19-13-29-31(34(18-19)12-11-33(5)6)22(4)32(36-29)10-9-26-25-8-7-23-15-24(35)14-20(2)30(23)28(25)16-27(26)21(3)17-32/h15,19-20,22,25-26,28-31H,7-14,16-18H2,1-6H3/t19-,20+,22+,25-,26-,28-,29+,30?,31-,32-/m0/s1. The molecule has 2 heterocycles. The summed E-state index contributed by atoms with van der Waals surface area (Å²) in [7, 11) is 4.40. The quantitative estimate of drug-likeness (QED) is 0.469. The predicted octanol–water partition coefficient (Wildman–Crippen LogP) is 5.73. The second kappa shape index (κ2) is 9.35. The van der Waals surface area contributed by atoms with Crippen molar-refractivity contribution in [1.29, 1.82) is 0 Å². The highest BCUT2D eigenvalue weighted by molar-refractivity contribution is 5.91. The second-order valence-electron chi connectivity index (χ2n) is 14.2. The van der Waals surface area contributed by atoms with Crippen LogP contribution in [-0.2, 0) is 9.53 Å². The molecule has 4 aliphatic carbocycles. The van der Waals surface area contributed by atoms with Crippen molar-refractivity contribution in [2.24, 2.45) is 41.4 Å². The number of allylic oxidation sites excluding steroid dienone is 3. The third-order valence-electron chi connectivity index (χ3n) is 11.6. The number of carbonyl (C=O) groups is 1. The first-order valence-electron chi connectivity index (χ1n) is 15.1. The van der Waals surface area contributed by atoms with Gasteiger partial charge in [0.25, 0.3) is 0 Å². The fourth-order valence-corrected chi connectivity index (χ4v) is 10.2. The van der Waals surface area contributed by atoms with Crippen LogP contribution in [0.5, 0.6) is 0 Å². The van der Waals surface area contributed by atoms with Crippen LogP contribution in [0.4, 0.5) is 0 Å². The molecule has 36 heavy (non-hydrogen) atoms. The van der Waals surface area contributed by atoms with E-state index in [-0.39, 0.29) is 5.60 Å². The Morgan fingerprint density at radius 1 is 1.14 bits per heavy atom. The number of likely N-dealkylation sites (tertiary alicyclic amines) is 1. The van der Waals surface area contributed by atoms with E-state index >= 15 is 0 Å². The van der Waals surface area contributed by atoms with Gasteiger partial charge in [0, 0.05) is 38.0 Å². The van der Waals surface area contributed by atoms with Crippen LogP contribution in [0.25, 0.3) is 0 Å². The molecule has 0 amide bonds. The topological polar surface area (TPSA) is 32.8 Å². The number of ether oxygens (including phenoxy) is 1. The van der Waals surface area contributed by atoms with Gasteiger partial charge in [-0.3, -0.25) is 9.69 Å². The molecule has 1 unspecified atom stereocenters. The molecule has 6 rings (SSSR count). The van der Waals surface area contributed by atoms with Crippen LogP contribution < -0.4 is 0 Å². The van der Waals surface area contributed by atoms with Gasteiger partial charge in [-0.15, -0.1) is 0 Å². The van der Waals surface area contributed by atoms with Crippen molar-refractivity contribution in [2.75, 3.05) is 33.7 Å². The number of fused-ring (bicyclic) bond motifs is 6. The Morgan fingerprint density at radius 2 is 1.94 bits per heavy atom. The van der Waals surface area contributed by atoms with Crippen LogP contribution >= 0.6 is 0 Å². The fraction of sp³-hybridized carbons (Fsp3) is 0.844. The van der Waals surface area contributed by atoms with Gasteiger partial charge in [0.2, 0.25) is 0 Å². The fourth-order valence-electron chi connectivity index (χ4n) is 10.2. The Bertz CT molecular complexity index is 952. The van der Waals surface area contributed by atoms with E-state index in [2.05, 4.69) is 51.6 Å². The zero-order valence-electron chi connectivity index (χ0n) is 23.8. The van der Waals surface area contributed by atoms with E-state index in [0.29, 0.717) is 35.7 Å². The normalized spacial score (nSPS) is 46.9. The number of ketones is 1. The molecule has 0 bridgehead atoms. The van der Waals surface area contributed by atoms with Gasteiger partial charge in [0.1, 0.15) is 0 Å². The highest BCUT2D eigenvalue weighted by Crippen LogP contribution is 2.61. The van der Waals surface area contributed by atoms with Crippen LogP contribution in [0, 0.1) is 41.4 Å². The Morgan fingerprint density at radius 3 is 2.72 bits per heavy atom. The van der Waals surface area contributed by atoms with Gasteiger partial charge in [-0.1, -0.05) is 37.5 Å². The van der Waals surface area contributed by atoms with Crippen LogP contribution in [-0.4, -0.2) is 67.1 Å². The molecule has 0 aromatic heterocycles. The van der Waals surface area contributed by atoms with Gasteiger partial charge in [0.05, 0.1) is 11.7 Å². The lowest BCUT2D eigenvalue weighted by Gasteiger charge is -2.43. The van der Waals surface area contributed by atoms with Crippen molar-refractivity contribution in [3.63, 3.8) is 0 Å². The summed E-state index contributed by atoms with van der Waals surface area (Å²) in [6, 6.07) is 0.577. The van der Waals surface area contributed by atoms with Crippen molar-refractivity contribution >= 4 is 5.78 Å². The number of piperidine rings is 1. The summed E-state index contributed by atoms with van der Waals surface area (Å²) < 4.78 is 7.24. The van der Waals surface area contributed by atoms with Gasteiger partial charge in [-0.05, 0) is 108 Å². The minimum Gasteiger partial charge on any atom is -0.369 e. The van der Waals surface area contributed by atoms with E-state index in [1.54, 1.807) is 11.1 Å². The Hall–Kier alpha value is -0.970. The molecule has 0 N–H and O–H groups in total. The van der Waals surface area contributed by atoms with Crippen molar-refractivity contribution in [3.05, 3.63) is 22.8 Å². The lowest BCUT2D eigenvalue weighted by molar-refractivity contribution is -0.116. The predicted molar refractivity (Wildman–Crippen MR) is 146 cm³/mol. The van der Waals surface area contributed by atoms with Gasteiger partial charge >= 0.3 is 0 Å². The highest BCUT2D eigenvalue weighted by Gasteiger charge is 2.58. The minimum absolute atomic E-state index is 0.0248. The zero-order valence-corrected chi connectivity index (χ0v) is 23.8. The van der Waals surface area contributed by atoms with Crippen LogP contribution in [0.2, 0.25) is 0 Å². The lowest BCUT2D eigenvalue weighted by atomic mass is 9.61. The molecule has 1 spiro atoms. The van der Waals surface area contributed by atoms with Crippen molar-refractivity contribution in [1.82, 2.24) is 9.80 Å². The summed E-state index contributed by atoms with van der Waals surface area (Å²) in [5.74, 6) is 5.20. The van der Waals surface area contributed by atoms with Gasteiger partial charge in [-0.2, -0.15) is 0 Å². The van der Waals surface area contributed by atoms with E-state index < -0.39 is 0 Å². The van der Waals surface area contributed by atoms with E-state index in [4.69, 9.17) is 4.74 Å². The maximum absolute atomic E-state index is 12.3. The maximum Gasteiger partial charge on any atom is 0.155 e. The van der Waals surface area contributed by atoms with E-state index in [9.17, 15) is 4.79 Å². The van der Waals surface area contributed by atoms with E-state index in [1.165, 1.54) is 44.2 Å². The smallest absolute Gasteiger partial charge is 0.155 e. The number of likely N-dealkylation sites (N-methyl/N-ethyl adjacent to an activating group) is 1. The van der Waals surface area contributed by atoms with E-state index in [1.807, 2.05) is 6.08 Å². The molecule has 0 aromatic carbocycles. The Balaban J connectivity index is 1.25. The van der Waals surface area contributed by atoms with Gasteiger partial charge < -0.3 is 9.64 Å². The largest absolute Gasteiger partial charge is 0.369 e. The molecule has 2 saturated heterocycles. The molecule has 10 atom stereocenters. The third-order valence-corrected chi connectivity index (χ3v) is 11.6. The molecule has 4 nitrogen and oxygen atoms in total.